The van der Waals surface area contributed by atoms with E-state index in [1.165, 1.54) is 9.58 Å². The predicted molar refractivity (Wildman–Crippen MR) is 175 cm³/mol. The Kier molecular flexibility index (Phi) is 9.19. The molecule has 0 spiro atoms. The fourth-order valence-electron chi connectivity index (χ4n) is 6.23. The zero-order valence-electron chi connectivity index (χ0n) is 28.6. The molecule has 0 aliphatic carbocycles. The maximum absolute atomic E-state index is 15.9. The molecule has 2 aliphatic heterocycles. The van der Waals surface area contributed by atoms with Gasteiger partial charge in [0.15, 0.2) is 17.2 Å². The van der Waals surface area contributed by atoms with Gasteiger partial charge in [-0.2, -0.15) is 13.2 Å². The lowest BCUT2D eigenvalue weighted by Crippen LogP contribution is -2.67. The molecule has 0 saturated carbocycles. The van der Waals surface area contributed by atoms with Crippen LogP contribution in [0.1, 0.15) is 79.3 Å². The Morgan fingerprint density at radius 2 is 1.69 bits per heavy atom. The average Bonchev–Trinajstić information content (AvgIpc) is 3.35. The largest absolute Gasteiger partial charge is 0.460 e. The number of nitrogens with zero attached hydrogens (tertiary/aromatic N) is 7. The van der Waals surface area contributed by atoms with Crippen LogP contribution in [0, 0.1) is 5.82 Å². The summed E-state index contributed by atoms with van der Waals surface area (Å²) in [6.07, 6.45) is -5.11. The van der Waals surface area contributed by atoms with Crippen molar-refractivity contribution in [1.29, 1.82) is 0 Å². The van der Waals surface area contributed by atoms with Crippen LogP contribution in [0.25, 0.3) is 21.9 Å². The molecule has 264 valence electrons. The van der Waals surface area contributed by atoms with E-state index in [2.05, 4.69) is 43.0 Å². The first-order valence-electron chi connectivity index (χ1n) is 15.8. The van der Waals surface area contributed by atoms with Gasteiger partial charge in [-0.1, -0.05) is 5.21 Å². The number of hydrogen-bond donors (Lipinski definition) is 0. The highest BCUT2D eigenvalue weighted by Gasteiger charge is 2.44. The van der Waals surface area contributed by atoms with Crippen LogP contribution in [0.4, 0.5) is 28.2 Å². The van der Waals surface area contributed by atoms with Crippen LogP contribution in [0.5, 0.6) is 0 Å². The number of likely N-dealkylation sites (N-methyl/N-ethyl adjacent to an activating group) is 1. The SMILES string of the molecule is CN(C)C1(C)CN(c2nc3c(F)c(Br)c(C(F)(F)F)cc3c3c2nnn3[C@H]2CCN(C(=O)OC(C)(C)C)[C@H](CC(=O)OC(C)(C)C)C2)C1. The number of rotatable bonds is 5. The van der Waals surface area contributed by atoms with E-state index < -0.39 is 57.4 Å². The van der Waals surface area contributed by atoms with Gasteiger partial charge in [0.25, 0.3) is 0 Å². The van der Waals surface area contributed by atoms with Gasteiger partial charge < -0.3 is 24.2 Å². The summed E-state index contributed by atoms with van der Waals surface area (Å²) in [6.45, 7) is 13.7. The van der Waals surface area contributed by atoms with Crippen LogP contribution < -0.4 is 4.90 Å². The van der Waals surface area contributed by atoms with E-state index in [-0.39, 0.29) is 46.9 Å². The molecule has 4 heterocycles. The van der Waals surface area contributed by atoms with Crippen LogP contribution in [0.2, 0.25) is 0 Å². The lowest BCUT2D eigenvalue weighted by molar-refractivity contribution is -0.156. The van der Waals surface area contributed by atoms with Crippen molar-refractivity contribution < 1.29 is 36.6 Å². The summed E-state index contributed by atoms with van der Waals surface area (Å²) in [4.78, 5) is 36.3. The maximum Gasteiger partial charge on any atom is 0.417 e. The zero-order chi connectivity index (χ0) is 35.7. The fourth-order valence-corrected chi connectivity index (χ4v) is 6.76. The molecule has 2 fully saturated rings. The molecule has 0 N–H and O–H groups in total. The lowest BCUT2D eigenvalue weighted by Gasteiger charge is -2.52. The van der Waals surface area contributed by atoms with Crippen LogP contribution >= 0.6 is 15.9 Å². The van der Waals surface area contributed by atoms with E-state index in [0.29, 0.717) is 25.3 Å². The molecule has 2 aliphatic rings. The number of carbonyl (C=O) groups is 2. The minimum Gasteiger partial charge on any atom is -0.460 e. The quantitative estimate of drug-likeness (QED) is 0.208. The van der Waals surface area contributed by atoms with Gasteiger partial charge >= 0.3 is 18.2 Å². The number of piperidine rings is 1. The highest BCUT2D eigenvalue weighted by Crippen LogP contribution is 2.44. The van der Waals surface area contributed by atoms with E-state index in [1.807, 2.05) is 19.0 Å². The molecule has 5 rings (SSSR count). The van der Waals surface area contributed by atoms with Gasteiger partial charge in [0.1, 0.15) is 22.2 Å². The van der Waals surface area contributed by atoms with E-state index >= 15 is 4.39 Å². The molecule has 11 nitrogen and oxygen atoms in total. The number of aromatic nitrogens is 4. The number of benzene rings is 1. The number of halogens is 5. The summed E-state index contributed by atoms with van der Waals surface area (Å²) in [5, 5.41) is 8.72. The Morgan fingerprint density at radius 3 is 2.25 bits per heavy atom. The van der Waals surface area contributed by atoms with Gasteiger partial charge in [-0.25, -0.2) is 18.9 Å². The van der Waals surface area contributed by atoms with E-state index in [0.717, 1.165) is 6.07 Å². The fraction of sp³-hybridized carbons (Fsp3) is 0.656. The Labute approximate surface area is 285 Å². The molecule has 16 heteroatoms. The second-order valence-electron chi connectivity index (χ2n) is 15.2. The third kappa shape index (κ3) is 7.05. The number of pyridine rings is 1. The molecule has 2 aromatic heterocycles. The molecule has 0 unspecified atom stereocenters. The molecule has 1 aromatic carbocycles. The molecule has 0 radical (unpaired) electrons. The second kappa shape index (κ2) is 12.3. The van der Waals surface area contributed by atoms with Crippen LogP contribution in [-0.2, 0) is 20.4 Å². The van der Waals surface area contributed by atoms with Crippen LogP contribution in [0.3, 0.4) is 0 Å². The van der Waals surface area contributed by atoms with Gasteiger partial charge in [0.2, 0.25) is 0 Å². The summed E-state index contributed by atoms with van der Waals surface area (Å²) < 4.78 is 70.2. The minimum atomic E-state index is -4.86. The number of likely N-dealkylation sites (tertiary alicyclic amines) is 1. The van der Waals surface area contributed by atoms with Crippen molar-refractivity contribution in [1.82, 2.24) is 29.8 Å². The molecule has 2 atom stereocenters. The van der Waals surface area contributed by atoms with E-state index in [1.54, 1.807) is 41.5 Å². The Balaban J connectivity index is 1.63. The van der Waals surface area contributed by atoms with Gasteiger partial charge in [-0.3, -0.25) is 4.79 Å². The van der Waals surface area contributed by atoms with Crippen molar-refractivity contribution in [3.05, 3.63) is 21.9 Å². The highest BCUT2D eigenvalue weighted by atomic mass is 79.9. The third-order valence-corrected chi connectivity index (χ3v) is 9.57. The molecular formula is C32H42BrF4N7O4. The zero-order valence-corrected chi connectivity index (χ0v) is 30.2. The second-order valence-corrected chi connectivity index (χ2v) is 15.9. The number of carbonyl (C=O) groups excluding carboxylic acids is 2. The first-order chi connectivity index (χ1) is 22.0. The van der Waals surface area contributed by atoms with Crippen molar-refractivity contribution in [2.24, 2.45) is 0 Å². The summed E-state index contributed by atoms with van der Waals surface area (Å²) in [6, 6.07) is -0.340. The summed E-state index contributed by atoms with van der Waals surface area (Å²) in [5.41, 5.74) is -2.78. The van der Waals surface area contributed by atoms with Crippen LogP contribution in [-0.4, -0.2) is 98.4 Å². The minimum absolute atomic E-state index is 0.0964. The Morgan fingerprint density at radius 1 is 1.06 bits per heavy atom. The van der Waals surface area contributed by atoms with Gasteiger partial charge in [0.05, 0.1) is 28.0 Å². The summed E-state index contributed by atoms with van der Waals surface area (Å²) in [5.74, 6) is -1.36. The normalized spacial score (nSPS) is 20.4. The Hall–Kier alpha value is -3.27. The average molecular weight is 745 g/mol. The topological polar surface area (TPSA) is 106 Å². The van der Waals surface area contributed by atoms with Crippen molar-refractivity contribution in [3.63, 3.8) is 0 Å². The molecule has 3 aromatic rings. The number of esters is 1. The van der Waals surface area contributed by atoms with Crippen molar-refractivity contribution in [2.75, 3.05) is 38.6 Å². The number of amides is 1. The van der Waals surface area contributed by atoms with Crippen molar-refractivity contribution in [3.8, 4) is 0 Å². The monoisotopic (exact) mass is 743 g/mol. The number of anilines is 1. The Bertz CT molecular complexity index is 1740. The summed E-state index contributed by atoms with van der Waals surface area (Å²) >= 11 is 2.82. The smallest absolute Gasteiger partial charge is 0.417 e. The predicted octanol–water partition coefficient (Wildman–Crippen LogP) is 6.71. The first kappa shape index (κ1) is 36.0. The van der Waals surface area contributed by atoms with Gasteiger partial charge in [-0.15, -0.1) is 5.10 Å². The van der Waals surface area contributed by atoms with Gasteiger partial charge in [0, 0.05) is 31.1 Å². The molecule has 2 saturated heterocycles. The van der Waals surface area contributed by atoms with Crippen molar-refractivity contribution >= 4 is 55.7 Å². The van der Waals surface area contributed by atoms with Crippen molar-refractivity contribution in [2.45, 2.75) is 103 Å². The van der Waals surface area contributed by atoms with E-state index in [9.17, 15) is 22.8 Å². The van der Waals surface area contributed by atoms with Gasteiger partial charge in [-0.05, 0) is 97.4 Å². The molecule has 1 amide bonds. The standard InChI is InChI=1S/C32H42BrF4N7O4/c1-29(2,3)47-21(45)13-18-12-17(10-11-43(18)28(46)48-30(4,5)6)44-26-19-14-20(32(35,36)37)22(33)23(34)24(19)38-27(25(26)39-40-44)42-15-31(7,16-42)41(8)9/h14,17-18H,10-13,15-16H2,1-9H3/t17-,18-/m0/s1. The molecule has 48 heavy (non-hydrogen) atoms. The van der Waals surface area contributed by atoms with E-state index in [4.69, 9.17) is 9.47 Å². The molecule has 0 bridgehead atoms. The number of fused-ring (bicyclic) bond motifs is 3. The number of alkyl halides is 3. The van der Waals surface area contributed by atoms with Crippen LogP contribution in [0.15, 0.2) is 10.5 Å². The third-order valence-electron chi connectivity index (χ3n) is 8.79. The first-order valence-corrected chi connectivity index (χ1v) is 16.6. The molecular weight excluding hydrogens is 702 g/mol. The number of hydrogen-bond acceptors (Lipinski definition) is 9. The summed E-state index contributed by atoms with van der Waals surface area (Å²) in [7, 11) is 3.90. The maximum atomic E-state index is 15.9. The lowest BCUT2D eigenvalue weighted by atomic mass is 9.90. The highest BCUT2D eigenvalue weighted by molar-refractivity contribution is 9.10. The number of ether oxygens (including phenoxy) is 2.